The maximum atomic E-state index is 13.2. The van der Waals surface area contributed by atoms with Crippen LogP contribution in [0.25, 0.3) is 0 Å². The molecule has 0 atom stereocenters. The summed E-state index contributed by atoms with van der Waals surface area (Å²) in [5, 5.41) is 0. The number of hydrogen-bond acceptors (Lipinski definition) is 3. The maximum absolute atomic E-state index is 13.2. The highest BCUT2D eigenvalue weighted by Gasteiger charge is 2.11. The first-order chi connectivity index (χ1) is 6.69. The first kappa shape index (κ1) is 11.3. The molecule has 0 unspecified atom stereocenters. The molecule has 1 aromatic carbocycles. The molecule has 0 spiro atoms. The van der Waals surface area contributed by atoms with E-state index in [0.29, 0.717) is 4.90 Å². The van der Waals surface area contributed by atoms with Crippen LogP contribution in [0.1, 0.15) is 0 Å². The quantitative estimate of drug-likeness (QED) is 0.574. The summed E-state index contributed by atoms with van der Waals surface area (Å²) in [7, 11) is 1.43. The molecular formula is C9H10F2O2S. The fourth-order valence-electron chi connectivity index (χ4n) is 0.946. The van der Waals surface area contributed by atoms with Gasteiger partial charge in [-0.2, -0.15) is 0 Å². The lowest BCUT2D eigenvalue weighted by atomic mass is 10.3. The van der Waals surface area contributed by atoms with Crippen LogP contribution in [0.3, 0.4) is 0 Å². The minimum atomic E-state index is -0.716. The standard InChI is InChI=1S/C9H10F2O2S/c1-12-5-13-9-7(11)3-6(10)4-8(9)14-2/h3-4H,5H2,1-2H3. The van der Waals surface area contributed by atoms with Crippen LogP contribution in [0.5, 0.6) is 5.75 Å². The molecule has 78 valence electrons. The van der Waals surface area contributed by atoms with Gasteiger partial charge in [0.2, 0.25) is 0 Å². The van der Waals surface area contributed by atoms with Crippen LogP contribution < -0.4 is 4.74 Å². The lowest BCUT2D eigenvalue weighted by molar-refractivity contribution is 0.0460. The van der Waals surface area contributed by atoms with E-state index in [4.69, 9.17) is 4.74 Å². The van der Waals surface area contributed by atoms with Crippen molar-refractivity contribution in [3.8, 4) is 5.75 Å². The molecule has 0 radical (unpaired) electrons. The molecule has 0 amide bonds. The first-order valence-corrected chi connectivity index (χ1v) is 5.06. The number of methoxy groups -OCH3 is 1. The second-order valence-corrected chi connectivity index (χ2v) is 3.32. The summed E-state index contributed by atoms with van der Waals surface area (Å²) in [4.78, 5) is 0.416. The summed E-state index contributed by atoms with van der Waals surface area (Å²) >= 11 is 1.21. The molecule has 0 N–H and O–H groups in total. The van der Waals surface area contributed by atoms with Crippen LogP contribution in [-0.4, -0.2) is 20.2 Å². The van der Waals surface area contributed by atoms with Gasteiger partial charge in [0.05, 0.1) is 4.90 Å². The Hall–Kier alpha value is -0.810. The maximum Gasteiger partial charge on any atom is 0.188 e. The number of hydrogen-bond donors (Lipinski definition) is 0. The van der Waals surface area contributed by atoms with Crippen molar-refractivity contribution in [1.29, 1.82) is 0 Å². The summed E-state index contributed by atoms with van der Waals surface area (Å²) in [5.41, 5.74) is 0. The Morgan fingerprint density at radius 3 is 2.64 bits per heavy atom. The zero-order valence-electron chi connectivity index (χ0n) is 7.84. The van der Waals surface area contributed by atoms with E-state index in [1.54, 1.807) is 6.26 Å². The molecule has 0 saturated carbocycles. The lowest BCUT2D eigenvalue weighted by Gasteiger charge is -2.09. The average molecular weight is 220 g/mol. The molecule has 1 rings (SSSR count). The van der Waals surface area contributed by atoms with Crippen LogP contribution in [0, 0.1) is 11.6 Å². The van der Waals surface area contributed by atoms with Crippen molar-refractivity contribution >= 4 is 11.8 Å². The minimum absolute atomic E-state index is 0.0285. The highest BCUT2D eigenvalue weighted by Crippen LogP contribution is 2.31. The second-order valence-electron chi connectivity index (χ2n) is 2.47. The summed E-state index contributed by atoms with van der Waals surface area (Å²) in [6.07, 6.45) is 1.72. The van der Waals surface area contributed by atoms with E-state index in [1.807, 2.05) is 0 Å². The normalized spacial score (nSPS) is 10.3. The van der Waals surface area contributed by atoms with Crippen LogP contribution in [0.15, 0.2) is 17.0 Å². The van der Waals surface area contributed by atoms with Gasteiger partial charge in [0.1, 0.15) is 5.82 Å². The fourth-order valence-corrected chi connectivity index (χ4v) is 1.52. The number of thioether (sulfide) groups is 1. The highest BCUT2D eigenvalue weighted by molar-refractivity contribution is 7.98. The van der Waals surface area contributed by atoms with Gasteiger partial charge in [-0.25, -0.2) is 8.78 Å². The predicted molar refractivity (Wildman–Crippen MR) is 50.6 cm³/mol. The Morgan fingerprint density at radius 1 is 1.36 bits per heavy atom. The third-order valence-electron chi connectivity index (χ3n) is 1.52. The zero-order valence-corrected chi connectivity index (χ0v) is 8.66. The minimum Gasteiger partial charge on any atom is -0.463 e. The van der Waals surface area contributed by atoms with E-state index in [2.05, 4.69) is 4.74 Å². The molecule has 5 heteroatoms. The van der Waals surface area contributed by atoms with Gasteiger partial charge in [0, 0.05) is 13.2 Å². The molecule has 0 aliphatic rings. The van der Waals surface area contributed by atoms with Crippen LogP contribution in [-0.2, 0) is 4.74 Å². The average Bonchev–Trinajstić information content (AvgIpc) is 2.15. The van der Waals surface area contributed by atoms with Crippen molar-refractivity contribution in [2.45, 2.75) is 4.90 Å². The van der Waals surface area contributed by atoms with Crippen molar-refractivity contribution in [1.82, 2.24) is 0 Å². The SMILES string of the molecule is COCOc1c(F)cc(F)cc1SC. The topological polar surface area (TPSA) is 18.5 Å². The lowest BCUT2D eigenvalue weighted by Crippen LogP contribution is -2.02. The number of ether oxygens (including phenoxy) is 2. The van der Waals surface area contributed by atoms with Gasteiger partial charge in [-0.15, -0.1) is 11.8 Å². The Labute approximate surface area is 85.2 Å². The Morgan fingerprint density at radius 2 is 2.07 bits per heavy atom. The molecule has 1 aromatic rings. The highest BCUT2D eigenvalue weighted by atomic mass is 32.2. The van der Waals surface area contributed by atoms with Crippen molar-refractivity contribution < 1.29 is 18.3 Å². The van der Waals surface area contributed by atoms with Crippen molar-refractivity contribution in [2.24, 2.45) is 0 Å². The third kappa shape index (κ3) is 2.59. The first-order valence-electron chi connectivity index (χ1n) is 3.83. The molecule has 0 aromatic heterocycles. The molecule has 2 nitrogen and oxygen atoms in total. The zero-order chi connectivity index (χ0) is 10.6. The number of rotatable bonds is 4. The van der Waals surface area contributed by atoms with Gasteiger partial charge >= 0.3 is 0 Å². The number of halogens is 2. The molecule has 0 aliphatic heterocycles. The summed E-state index contributed by atoms with van der Waals surface area (Å²) in [6, 6.07) is 2.00. The van der Waals surface area contributed by atoms with Gasteiger partial charge in [-0.3, -0.25) is 0 Å². The van der Waals surface area contributed by atoms with E-state index < -0.39 is 11.6 Å². The van der Waals surface area contributed by atoms with Gasteiger partial charge in [-0.05, 0) is 12.3 Å². The molecule has 14 heavy (non-hydrogen) atoms. The van der Waals surface area contributed by atoms with Crippen LogP contribution in [0.4, 0.5) is 8.78 Å². The van der Waals surface area contributed by atoms with Crippen LogP contribution >= 0.6 is 11.8 Å². The van der Waals surface area contributed by atoms with Gasteiger partial charge < -0.3 is 9.47 Å². The molecule has 0 heterocycles. The van der Waals surface area contributed by atoms with E-state index in [9.17, 15) is 8.78 Å². The summed E-state index contributed by atoms with van der Waals surface area (Å²) in [5.74, 6) is -1.30. The number of benzene rings is 1. The van der Waals surface area contributed by atoms with Crippen LogP contribution in [0.2, 0.25) is 0 Å². The van der Waals surface area contributed by atoms with Crippen molar-refractivity contribution in [3.63, 3.8) is 0 Å². The Balaban J connectivity index is 2.99. The summed E-state index contributed by atoms with van der Waals surface area (Å²) < 4.78 is 35.6. The fraction of sp³-hybridized carbons (Fsp3) is 0.333. The molecular weight excluding hydrogens is 210 g/mol. The molecule has 0 bridgehead atoms. The van der Waals surface area contributed by atoms with Crippen molar-refractivity contribution in [3.05, 3.63) is 23.8 Å². The third-order valence-corrected chi connectivity index (χ3v) is 2.26. The summed E-state index contributed by atoms with van der Waals surface area (Å²) in [6.45, 7) is -0.0594. The second kappa shape index (κ2) is 5.17. The smallest absolute Gasteiger partial charge is 0.188 e. The monoisotopic (exact) mass is 220 g/mol. The van der Waals surface area contributed by atoms with Gasteiger partial charge in [-0.1, -0.05) is 0 Å². The van der Waals surface area contributed by atoms with E-state index in [0.717, 1.165) is 6.07 Å². The largest absolute Gasteiger partial charge is 0.463 e. The van der Waals surface area contributed by atoms with Crippen molar-refractivity contribution in [2.75, 3.05) is 20.2 Å². The van der Waals surface area contributed by atoms with Gasteiger partial charge in [0.25, 0.3) is 0 Å². The molecule has 0 saturated heterocycles. The van der Waals surface area contributed by atoms with Gasteiger partial charge in [0.15, 0.2) is 18.4 Å². The molecule has 0 fully saturated rings. The Bertz CT molecular complexity index is 318. The predicted octanol–water partition coefficient (Wildman–Crippen LogP) is 2.67. The Kier molecular flexibility index (Phi) is 4.16. The molecule has 0 aliphatic carbocycles. The van der Waals surface area contributed by atoms with E-state index in [1.165, 1.54) is 24.9 Å². The van der Waals surface area contributed by atoms with E-state index >= 15 is 0 Å². The van der Waals surface area contributed by atoms with E-state index in [-0.39, 0.29) is 12.5 Å².